The van der Waals surface area contributed by atoms with Crippen molar-refractivity contribution in [1.82, 2.24) is 5.06 Å². The van der Waals surface area contributed by atoms with E-state index in [0.717, 1.165) is 17.7 Å². The monoisotopic (exact) mass is 272 g/mol. The molecule has 1 amide bonds. The number of benzene rings is 1. The van der Waals surface area contributed by atoms with Gasteiger partial charge >= 0.3 is 0 Å². The zero-order valence-electron chi connectivity index (χ0n) is 12.0. The maximum atomic E-state index is 12.5. The Morgan fingerprint density at radius 3 is 2.90 bits per heavy atom. The van der Waals surface area contributed by atoms with E-state index in [4.69, 9.17) is 4.84 Å². The van der Waals surface area contributed by atoms with Gasteiger partial charge in [0.1, 0.15) is 0 Å². The van der Waals surface area contributed by atoms with Crippen molar-refractivity contribution in [1.29, 1.82) is 0 Å². The van der Waals surface area contributed by atoms with Crippen LogP contribution in [-0.2, 0) is 9.63 Å². The third-order valence-corrected chi connectivity index (χ3v) is 3.02. The summed E-state index contributed by atoms with van der Waals surface area (Å²) in [7, 11) is 0. The number of para-hydroxylation sites is 1. The van der Waals surface area contributed by atoms with Crippen molar-refractivity contribution in [3.63, 3.8) is 0 Å². The van der Waals surface area contributed by atoms with Gasteiger partial charge in [-0.25, -0.2) is 5.06 Å². The van der Waals surface area contributed by atoms with Gasteiger partial charge in [0.25, 0.3) is 5.91 Å². The van der Waals surface area contributed by atoms with Crippen LogP contribution in [-0.4, -0.2) is 30.3 Å². The first kappa shape index (κ1) is 14.5. The van der Waals surface area contributed by atoms with Crippen LogP contribution in [0.25, 0.3) is 6.08 Å². The summed E-state index contributed by atoms with van der Waals surface area (Å²) in [6.07, 6.45) is 5.09. The molecule has 2 rings (SSSR count). The maximum Gasteiger partial charge on any atom is 0.273 e. The van der Waals surface area contributed by atoms with Gasteiger partial charge in [0, 0.05) is 30.3 Å². The van der Waals surface area contributed by atoms with E-state index in [2.05, 4.69) is 4.99 Å². The van der Waals surface area contributed by atoms with Crippen LogP contribution in [0.2, 0.25) is 0 Å². The third kappa shape index (κ3) is 3.33. The molecular formula is C16H20N2O2. The van der Waals surface area contributed by atoms with E-state index >= 15 is 0 Å². The highest BCUT2D eigenvalue weighted by Gasteiger charge is 2.19. The van der Waals surface area contributed by atoms with Crippen molar-refractivity contribution in [2.24, 2.45) is 4.99 Å². The smallest absolute Gasteiger partial charge is 0.271 e. The molecule has 1 aromatic carbocycles. The Balaban J connectivity index is 2.26. The van der Waals surface area contributed by atoms with Crippen molar-refractivity contribution in [2.75, 3.05) is 13.2 Å². The Kier molecular flexibility index (Phi) is 5.07. The fraction of sp³-hybridized carbons (Fsp3) is 0.375. The van der Waals surface area contributed by atoms with Crippen molar-refractivity contribution in [3.8, 4) is 0 Å². The van der Waals surface area contributed by atoms with Crippen molar-refractivity contribution < 1.29 is 9.63 Å². The molecule has 0 saturated heterocycles. The fourth-order valence-corrected chi connectivity index (χ4v) is 2.11. The number of hydrogen-bond acceptors (Lipinski definition) is 3. The third-order valence-electron chi connectivity index (χ3n) is 3.02. The highest BCUT2D eigenvalue weighted by Crippen LogP contribution is 2.25. The first-order chi connectivity index (χ1) is 9.76. The summed E-state index contributed by atoms with van der Waals surface area (Å²) in [4.78, 5) is 22.3. The van der Waals surface area contributed by atoms with Crippen LogP contribution < -0.4 is 0 Å². The van der Waals surface area contributed by atoms with E-state index in [1.54, 1.807) is 6.21 Å². The lowest BCUT2D eigenvalue weighted by Crippen LogP contribution is -2.33. The number of carbonyl (C=O) groups excluding carboxylic acids is 1. The molecule has 106 valence electrons. The minimum Gasteiger partial charge on any atom is -0.271 e. The maximum absolute atomic E-state index is 12.5. The van der Waals surface area contributed by atoms with Gasteiger partial charge in [0.05, 0.1) is 12.3 Å². The van der Waals surface area contributed by atoms with Crippen LogP contribution in [0.4, 0.5) is 5.69 Å². The highest BCUT2D eigenvalue weighted by molar-refractivity contribution is 6.01. The van der Waals surface area contributed by atoms with Crippen LogP contribution in [0.1, 0.15) is 32.3 Å². The zero-order valence-corrected chi connectivity index (χ0v) is 12.0. The molecule has 0 saturated carbocycles. The molecule has 4 nitrogen and oxygen atoms in total. The summed E-state index contributed by atoms with van der Waals surface area (Å²) in [6.45, 7) is 5.00. The molecule has 0 aromatic heterocycles. The lowest BCUT2D eigenvalue weighted by molar-refractivity contribution is -0.180. The van der Waals surface area contributed by atoms with Crippen LogP contribution in [0.3, 0.4) is 0 Å². The molecule has 0 radical (unpaired) electrons. The van der Waals surface area contributed by atoms with E-state index in [0.29, 0.717) is 25.1 Å². The quantitative estimate of drug-likeness (QED) is 0.771. The number of carbonyl (C=O) groups is 1. The summed E-state index contributed by atoms with van der Waals surface area (Å²) in [5, 5.41) is 1.45. The van der Waals surface area contributed by atoms with E-state index in [1.165, 1.54) is 5.06 Å². The number of nitrogens with zero attached hydrogens (tertiary/aromatic N) is 2. The van der Waals surface area contributed by atoms with Gasteiger partial charge in [0.2, 0.25) is 0 Å². The van der Waals surface area contributed by atoms with Crippen LogP contribution in [0.5, 0.6) is 0 Å². The Morgan fingerprint density at radius 2 is 2.15 bits per heavy atom. The Morgan fingerprint density at radius 1 is 1.35 bits per heavy atom. The summed E-state index contributed by atoms with van der Waals surface area (Å²) in [5.74, 6) is -0.0724. The molecular weight excluding hydrogens is 252 g/mol. The van der Waals surface area contributed by atoms with E-state index in [1.807, 2.05) is 44.2 Å². The van der Waals surface area contributed by atoms with Gasteiger partial charge in [0.15, 0.2) is 0 Å². The molecule has 4 heteroatoms. The SMILES string of the molecule is CCCN(OCC)C(=O)C1=Cc2ccccc2N=CC1. The van der Waals surface area contributed by atoms with E-state index < -0.39 is 0 Å². The summed E-state index contributed by atoms with van der Waals surface area (Å²) >= 11 is 0. The molecule has 20 heavy (non-hydrogen) atoms. The molecule has 0 aliphatic carbocycles. The normalized spacial score (nSPS) is 13.4. The summed E-state index contributed by atoms with van der Waals surface area (Å²) < 4.78 is 0. The van der Waals surface area contributed by atoms with Crippen LogP contribution >= 0.6 is 0 Å². The van der Waals surface area contributed by atoms with Gasteiger partial charge in [-0.05, 0) is 25.5 Å². The van der Waals surface area contributed by atoms with Crippen molar-refractivity contribution in [3.05, 3.63) is 35.4 Å². The molecule has 1 heterocycles. The number of fused-ring (bicyclic) bond motifs is 1. The minimum absolute atomic E-state index is 0.0724. The number of amides is 1. The number of hydroxylamine groups is 2. The second-order valence-corrected chi connectivity index (χ2v) is 4.57. The number of aliphatic imine (C=N–C) groups is 1. The largest absolute Gasteiger partial charge is 0.273 e. The van der Waals surface area contributed by atoms with Crippen molar-refractivity contribution >= 4 is 23.9 Å². The van der Waals surface area contributed by atoms with Gasteiger partial charge in [-0.2, -0.15) is 0 Å². The average molecular weight is 272 g/mol. The highest BCUT2D eigenvalue weighted by atomic mass is 16.7. The van der Waals surface area contributed by atoms with E-state index in [-0.39, 0.29) is 5.91 Å². The molecule has 0 fully saturated rings. The van der Waals surface area contributed by atoms with Gasteiger partial charge in [-0.15, -0.1) is 0 Å². The van der Waals surface area contributed by atoms with Crippen LogP contribution in [0.15, 0.2) is 34.8 Å². The topological polar surface area (TPSA) is 41.9 Å². The molecule has 0 unspecified atom stereocenters. The number of hydrogen-bond donors (Lipinski definition) is 0. The first-order valence-electron chi connectivity index (χ1n) is 7.03. The zero-order chi connectivity index (χ0) is 14.4. The van der Waals surface area contributed by atoms with E-state index in [9.17, 15) is 4.79 Å². The minimum atomic E-state index is -0.0724. The predicted molar refractivity (Wildman–Crippen MR) is 80.8 cm³/mol. The predicted octanol–water partition coefficient (Wildman–Crippen LogP) is 3.37. The number of rotatable bonds is 5. The molecule has 0 spiro atoms. The molecule has 1 aliphatic rings. The summed E-state index contributed by atoms with van der Waals surface area (Å²) in [6, 6.07) is 7.81. The molecule has 0 N–H and O–H groups in total. The van der Waals surface area contributed by atoms with Crippen molar-refractivity contribution in [2.45, 2.75) is 26.7 Å². The fourth-order valence-electron chi connectivity index (χ4n) is 2.11. The second-order valence-electron chi connectivity index (χ2n) is 4.57. The molecule has 0 bridgehead atoms. The lowest BCUT2D eigenvalue weighted by Gasteiger charge is -2.21. The lowest BCUT2D eigenvalue weighted by atomic mass is 10.1. The molecule has 1 aliphatic heterocycles. The average Bonchev–Trinajstić information content (AvgIpc) is 2.68. The Bertz CT molecular complexity index is 529. The standard InChI is InChI=1S/C16H20N2O2/c1-3-11-18(20-4-2)16(19)14-9-10-17-15-8-6-5-7-13(15)12-14/h5-8,10,12H,3-4,9,11H2,1-2H3. The molecule has 1 aromatic rings. The first-order valence-corrected chi connectivity index (χ1v) is 7.03. The van der Waals surface area contributed by atoms with Gasteiger partial charge in [-0.3, -0.25) is 14.6 Å². The second kappa shape index (κ2) is 7.01. The van der Waals surface area contributed by atoms with Gasteiger partial charge < -0.3 is 0 Å². The van der Waals surface area contributed by atoms with Crippen LogP contribution in [0, 0.1) is 0 Å². The summed E-state index contributed by atoms with van der Waals surface area (Å²) in [5.41, 5.74) is 2.58. The van der Waals surface area contributed by atoms with Gasteiger partial charge in [-0.1, -0.05) is 25.1 Å². The Labute approximate surface area is 119 Å². The molecule has 0 atom stereocenters. The Hall–Kier alpha value is -1.94.